The van der Waals surface area contributed by atoms with Gasteiger partial charge in [0.25, 0.3) is 0 Å². The molecule has 0 saturated heterocycles. The molecule has 1 aromatic carbocycles. The number of rotatable bonds is 5. The number of hydrogen-bond donors (Lipinski definition) is 3. The standard InChI is InChI=1S/C19H21ClN2O3S/c20-14-8-6-13(7-9-14)15-11-26-17(16(15)18(23)24)22-19(25)21-10-12-4-2-1-3-5-12/h6-9,11-12H,1-5,10H2,(H,23,24)(H2,21,22,25). The van der Waals surface area contributed by atoms with Crippen molar-refractivity contribution in [2.24, 2.45) is 5.92 Å². The molecular formula is C19H21ClN2O3S. The van der Waals surface area contributed by atoms with E-state index < -0.39 is 5.97 Å². The molecule has 1 fully saturated rings. The topological polar surface area (TPSA) is 78.4 Å². The van der Waals surface area contributed by atoms with Crippen LogP contribution < -0.4 is 10.6 Å². The van der Waals surface area contributed by atoms with Crippen LogP contribution in [0.3, 0.4) is 0 Å². The summed E-state index contributed by atoms with van der Waals surface area (Å²) in [7, 11) is 0. The third kappa shape index (κ3) is 4.56. The maximum absolute atomic E-state index is 12.2. The molecule has 3 N–H and O–H groups in total. The number of carbonyl (C=O) groups is 2. The molecule has 2 aromatic rings. The second-order valence-electron chi connectivity index (χ2n) is 6.50. The van der Waals surface area contributed by atoms with Crippen molar-refractivity contribution in [1.82, 2.24) is 5.32 Å². The molecule has 2 amide bonds. The molecule has 5 nitrogen and oxygen atoms in total. The second-order valence-corrected chi connectivity index (χ2v) is 7.82. The highest BCUT2D eigenvalue weighted by atomic mass is 35.5. The normalized spacial score (nSPS) is 14.8. The Morgan fingerprint density at radius 1 is 1.15 bits per heavy atom. The average Bonchev–Trinajstić information content (AvgIpc) is 3.05. The molecule has 1 saturated carbocycles. The number of halogens is 1. The highest BCUT2D eigenvalue weighted by Gasteiger charge is 2.21. The van der Waals surface area contributed by atoms with Gasteiger partial charge in [0.15, 0.2) is 0 Å². The van der Waals surface area contributed by atoms with E-state index in [-0.39, 0.29) is 11.6 Å². The summed E-state index contributed by atoms with van der Waals surface area (Å²) in [6, 6.07) is 6.60. The first-order valence-corrected chi connectivity index (χ1v) is 9.96. The van der Waals surface area contributed by atoms with Crippen molar-refractivity contribution < 1.29 is 14.7 Å². The summed E-state index contributed by atoms with van der Waals surface area (Å²) in [5, 5.41) is 17.8. The molecular weight excluding hydrogens is 372 g/mol. The number of anilines is 1. The van der Waals surface area contributed by atoms with E-state index in [1.54, 1.807) is 29.6 Å². The summed E-state index contributed by atoms with van der Waals surface area (Å²) in [6.07, 6.45) is 5.98. The minimum absolute atomic E-state index is 0.102. The van der Waals surface area contributed by atoms with Gasteiger partial charge in [0.2, 0.25) is 0 Å². The van der Waals surface area contributed by atoms with Crippen molar-refractivity contribution in [2.45, 2.75) is 32.1 Å². The van der Waals surface area contributed by atoms with E-state index >= 15 is 0 Å². The molecule has 3 rings (SSSR count). The minimum Gasteiger partial charge on any atom is -0.478 e. The fourth-order valence-electron chi connectivity index (χ4n) is 3.28. The highest BCUT2D eigenvalue weighted by Crippen LogP contribution is 2.36. The predicted molar refractivity (Wildman–Crippen MR) is 105 cm³/mol. The van der Waals surface area contributed by atoms with Crippen molar-refractivity contribution in [3.8, 4) is 11.1 Å². The van der Waals surface area contributed by atoms with E-state index in [9.17, 15) is 14.7 Å². The smallest absolute Gasteiger partial charge is 0.339 e. The summed E-state index contributed by atoms with van der Waals surface area (Å²) in [4.78, 5) is 23.9. The fourth-order valence-corrected chi connectivity index (χ4v) is 4.36. The van der Waals surface area contributed by atoms with Crippen LogP contribution in [-0.4, -0.2) is 23.7 Å². The van der Waals surface area contributed by atoms with Crippen LogP contribution in [0, 0.1) is 5.92 Å². The van der Waals surface area contributed by atoms with E-state index in [0.717, 1.165) is 18.4 Å². The predicted octanol–water partition coefficient (Wildman–Crippen LogP) is 5.47. The van der Waals surface area contributed by atoms with E-state index in [4.69, 9.17) is 11.6 Å². The lowest BCUT2D eigenvalue weighted by Gasteiger charge is -2.21. The van der Waals surface area contributed by atoms with Gasteiger partial charge in [-0.2, -0.15) is 0 Å². The van der Waals surface area contributed by atoms with Crippen LogP contribution in [0.4, 0.5) is 9.80 Å². The monoisotopic (exact) mass is 392 g/mol. The van der Waals surface area contributed by atoms with Gasteiger partial charge in [-0.3, -0.25) is 5.32 Å². The lowest BCUT2D eigenvalue weighted by molar-refractivity contribution is 0.0699. The Morgan fingerprint density at radius 2 is 1.85 bits per heavy atom. The van der Waals surface area contributed by atoms with Gasteiger partial charge < -0.3 is 10.4 Å². The molecule has 0 atom stereocenters. The number of amides is 2. The molecule has 0 unspecified atom stereocenters. The Kier molecular flexibility index (Phi) is 6.16. The van der Waals surface area contributed by atoms with Crippen molar-refractivity contribution >= 4 is 39.9 Å². The van der Waals surface area contributed by atoms with E-state index in [1.165, 1.54) is 30.6 Å². The molecule has 26 heavy (non-hydrogen) atoms. The maximum atomic E-state index is 12.2. The fraction of sp³-hybridized carbons (Fsp3) is 0.368. The maximum Gasteiger partial charge on any atom is 0.339 e. The molecule has 1 aliphatic rings. The van der Waals surface area contributed by atoms with Gasteiger partial charge in [-0.25, -0.2) is 9.59 Å². The Morgan fingerprint density at radius 3 is 2.50 bits per heavy atom. The zero-order valence-corrected chi connectivity index (χ0v) is 15.8. The van der Waals surface area contributed by atoms with Crippen LogP contribution in [-0.2, 0) is 0 Å². The van der Waals surface area contributed by atoms with Gasteiger partial charge in [-0.05, 0) is 36.5 Å². The number of carbonyl (C=O) groups excluding carboxylic acids is 1. The first kappa shape index (κ1) is 18.7. The summed E-state index contributed by atoms with van der Waals surface area (Å²) in [5.74, 6) is -0.555. The second kappa shape index (κ2) is 8.56. The zero-order chi connectivity index (χ0) is 18.5. The Bertz CT molecular complexity index is 783. The van der Waals surface area contributed by atoms with E-state index in [2.05, 4.69) is 10.6 Å². The SMILES string of the molecule is O=C(NCC1CCCCC1)Nc1scc(-c2ccc(Cl)cc2)c1C(=O)O. The summed E-state index contributed by atoms with van der Waals surface area (Å²) < 4.78 is 0. The van der Waals surface area contributed by atoms with Gasteiger partial charge in [-0.1, -0.05) is 43.0 Å². The van der Waals surface area contributed by atoms with Crippen LogP contribution in [0.25, 0.3) is 11.1 Å². The number of carboxylic acids is 1. The van der Waals surface area contributed by atoms with Crippen molar-refractivity contribution in [1.29, 1.82) is 0 Å². The third-order valence-corrected chi connectivity index (χ3v) is 5.81. The van der Waals surface area contributed by atoms with Crippen LogP contribution in [0.15, 0.2) is 29.6 Å². The van der Waals surface area contributed by atoms with Crippen molar-refractivity contribution in [2.75, 3.05) is 11.9 Å². The zero-order valence-electron chi connectivity index (χ0n) is 14.3. The number of thiophene rings is 1. The Balaban J connectivity index is 1.70. The number of urea groups is 1. The third-order valence-electron chi connectivity index (χ3n) is 4.66. The minimum atomic E-state index is -1.07. The number of hydrogen-bond acceptors (Lipinski definition) is 3. The molecule has 0 bridgehead atoms. The average molecular weight is 393 g/mol. The van der Waals surface area contributed by atoms with E-state index in [1.807, 2.05) is 0 Å². The molecule has 1 aliphatic carbocycles. The van der Waals surface area contributed by atoms with Gasteiger partial charge in [0.1, 0.15) is 10.6 Å². The summed E-state index contributed by atoms with van der Waals surface area (Å²) in [6.45, 7) is 0.629. The van der Waals surface area contributed by atoms with Crippen LogP contribution in [0.2, 0.25) is 5.02 Å². The van der Waals surface area contributed by atoms with Gasteiger partial charge in [0, 0.05) is 22.5 Å². The highest BCUT2D eigenvalue weighted by molar-refractivity contribution is 7.15. The molecule has 0 spiro atoms. The number of carboxylic acid groups (broad SMARTS) is 1. The quantitative estimate of drug-likeness (QED) is 0.631. The van der Waals surface area contributed by atoms with Crippen molar-refractivity contribution in [3.05, 3.63) is 40.2 Å². The molecule has 0 aliphatic heterocycles. The summed E-state index contributed by atoms with van der Waals surface area (Å²) >= 11 is 7.10. The van der Waals surface area contributed by atoms with Crippen LogP contribution in [0.1, 0.15) is 42.5 Å². The largest absolute Gasteiger partial charge is 0.478 e. The molecule has 7 heteroatoms. The van der Waals surface area contributed by atoms with Crippen LogP contribution >= 0.6 is 22.9 Å². The number of nitrogens with one attached hydrogen (secondary N) is 2. The first-order chi connectivity index (χ1) is 12.5. The lowest BCUT2D eigenvalue weighted by Crippen LogP contribution is -2.33. The Hall–Kier alpha value is -2.05. The number of benzene rings is 1. The van der Waals surface area contributed by atoms with Gasteiger partial charge in [0.05, 0.1) is 0 Å². The first-order valence-electron chi connectivity index (χ1n) is 8.70. The van der Waals surface area contributed by atoms with Crippen LogP contribution in [0.5, 0.6) is 0 Å². The molecule has 138 valence electrons. The molecule has 1 aromatic heterocycles. The number of aromatic carboxylic acids is 1. The van der Waals surface area contributed by atoms with Gasteiger partial charge in [-0.15, -0.1) is 11.3 Å². The Labute approximate surface area is 161 Å². The lowest BCUT2D eigenvalue weighted by atomic mass is 9.89. The van der Waals surface area contributed by atoms with Gasteiger partial charge >= 0.3 is 12.0 Å². The summed E-state index contributed by atoms with van der Waals surface area (Å²) in [5.41, 5.74) is 1.42. The molecule has 1 heterocycles. The molecule has 0 radical (unpaired) electrons. The van der Waals surface area contributed by atoms with E-state index in [0.29, 0.717) is 28.0 Å². The van der Waals surface area contributed by atoms with Crippen molar-refractivity contribution in [3.63, 3.8) is 0 Å².